The molecule has 1 aromatic heterocycles. The van der Waals surface area contributed by atoms with Gasteiger partial charge in [0.05, 0.1) is 7.11 Å². The van der Waals surface area contributed by atoms with Gasteiger partial charge in [0, 0.05) is 12.0 Å². The van der Waals surface area contributed by atoms with Crippen LogP contribution in [0, 0.1) is 5.41 Å². The smallest absolute Gasteiger partial charge is 0.249 e. The molecule has 2 rings (SSSR count). The third kappa shape index (κ3) is 4.81. The van der Waals surface area contributed by atoms with Gasteiger partial charge in [-0.3, -0.25) is 4.79 Å². The Balaban J connectivity index is 2.04. The maximum atomic E-state index is 12.0. The maximum absolute atomic E-state index is 12.0. The number of aromatic nitrogens is 2. The van der Waals surface area contributed by atoms with E-state index in [0.717, 1.165) is 11.3 Å². The van der Waals surface area contributed by atoms with Gasteiger partial charge in [0.2, 0.25) is 17.6 Å². The number of hydrogen-bond donors (Lipinski definition) is 1. The summed E-state index contributed by atoms with van der Waals surface area (Å²) in [5.74, 6) is 1.60. The predicted molar refractivity (Wildman–Crippen MR) is 86.9 cm³/mol. The third-order valence-electron chi connectivity index (χ3n) is 3.23. The van der Waals surface area contributed by atoms with E-state index in [1.807, 2.05) is 52.0 Å². The summed E-state index contributed by atoms with van der Waals surface area (Å²) in [7, 11) is 1.61. The summed E-state index contributed by atoms with van der Waals surface area (Å²) in [6.45, 7) is 7.88. The lowest BCUT2D eigenvalue weighted by Gasteiger charge is -2.18. The molecule has 1 amide bonds. The standard InChI is InChI=1S/C17H23N3O3/c1-11(18-14(21)10-17(2,3)4)16-19-15(20-23-16)12-6-8-13(22-5)9-7-12/h6-9,11H,10H2,1-5H3,(H,18,21)/t11-/m0/s1. The first-order valence-corrected chi connectivity index (χ1v) is 7.56. The molecule has 0 spiro atoms. The van der Waals surface area contributed by atoms with Gasteiger partial charge in [-0.1, -0.05) is 25.9 Å². The van der Waals surface area contributed by atoms with Crippen LogP contribution in [0.3, 0.4) is 0 Å². The Hall–Kier alpha value is -2.37. The molecule has 0 saturated heterocycles. The van der Waals surface area contributed by atoms with Crippen LogP contribution in [0.4, 0.5) is 0 Å². The number of amides is 1. The Morgan fingerprint density at radius 2 is 1.96 bits per heavy atom. The van der Waals surface area contributed by atoms with Gasteiger partial charge in [-0.25, -0.2) is 0 Å². The number of nitrogens with one attached hydrogen (secondary N) is 1. The molecule has 23 heavy (non-hydrogen) atoms. The van der Waals surface area contributed by atoms with E-state index in [1.165, 1.54) is 0 Å². The van der Waals surface area contributed by atoms with Gasteiger partial charge >= 0.3 is 0 Å². The molecule has 0 saturated carbocycles. The van der Waals surface area contributed by atoms with Crippen molar-refractivity contribution < 1.29 is 14.1 Å². The minimum Gasteiger partial charge on any atom is -0.497 e. The van der Waals surface area contributed by atoms with Crippen LogP contribution in [0.2, 0.25) is 0 Å². The summed E-state index contributed by atoms with van der Waals surface area (Å²) in [4.78, 5) is 16.3. The number of ether oxygens (including phenoxy) is 1. The molecule has 0 unspecified atom stereocenters. The Morgan fingerprint density at radius 3 is 2.52 bits per heavy atom. The second kappa shape index (κ2) is 6.81. The van der Waals surface area contributed by atoms with Crippen LogP contribution in [-0.4, -0.2) is 23.2 Å². The van der Waals surface area contributed by atoms with Crippen LogP contribution in [-0.2, 0) is 4.79 Å². The molecule has 0 aliphatic carbocycles. The molecule has 1 aromatic carbocycles. The number of carbonyl (C=O) groups is 1. The SMILES string of the molecule is COc1ccc(-c2noc([C@H](C)NC(=O)CC(C)(C)C)n2)cc1. The van der Waals surface area contributed by atoms with Crippen LogP contribution >= 0.6 is 0 Å². The highest BCUT2D eigenvalue weighted by Gasteiger charge is 2.21. The minimum atomic E-state index is -0.329. The molecule has 0 aliphatic rings. The van der Waals surface area contributed by atoms with Crippen molar-refractivity contribution in [1.82, 2.24) is 15.5 Å². The fraction of sp³-hybridized carbons (Fsp3) is 0.471. The summed E-state index contributed by atoms with van der Waals surface area (Å²) in [5.41, 5.74) is 0.765. The van der Waals surface area contributed by atoms with Gasteiger partial charge in [-0.15, -0.1) is 0 Å². The Morgan fingerprint density at radius 1 is 1.30 bits per heavy atom. The van der Waals surface area contributed by atoms with Crippen LogP contribution in [0.25, 0.3) is 11.4 Å². The van der Waals surface area contributed by atoms with Crippen molar-refractivity contribution in [3.05, 3.63) is 30.2 Å². The second-order valence-electron chi connectivity index (χ2n) is 6.71. The fourth-order valence-electron chi connectivity index (χ4n) is 2.10. The van der Waals surface area contributed by atoms with Crippen molar-refractivity contribution in [2.75, 3.05) is 7.11 Å². The molecule has 6 nitrogen and oxygen atoms in total. The fourth-order valence-corrected chi connectivity index (χ4v) is 2.10. The first-order valence-electron chi connectivity index (χ1n) is 7.56. The zero-order valence-electron chi connectivity index (χ0n) is 14.2. The van der Waals surface area contributed by atoms with Gasteiger partial charge in [0.15, 0.2) is 0 Å². The Kier molecular flexibility index (Phi) is 5.03. The molecular weight excluding hydrogens is 294 g/mol. The minimum absolute atomic E-state index is 0.0332. The van der Waals surface area contributed by atoms with Crippen molar-refractivity contribution >= 4 is 5.91 Å². The van der Waals surface area contributed by atoms with E-state index in [-0.39, 0.29) is 17.4 Å². The summed E-state index contributed by atoms with van der Waals surface area (Å²) in [6, 6.07) is 7.05. The molecule has 0 fully saturated rings. The van der Waals surface area contributed by atoms with Crippen molar-refractivity contribution in [3.8, 4) is 17.1 Å². The molecule has 1 heterocycles. The highest BCUT2D eigenvalue weighted by molar-refractivity contribution is 5.76. The first-order chi connectivity index (χ1) is 10.8. The van der Waals surface area contributed by atoms with Gasteiger partial charge < -0.3 is 14.6 Å². The maximum Gasteiger partial charge on any atom is 0.249 e. The second-order valence-corrected chi connectivity index (χ2v) is 6.71. The Bertz CT molecular complexity index is 656. The van der Waals surface area contributed by atoms with Crippen molar-refractivity contribution in [3.63, 3.8) is 0 Å². The predicted octanol–water partition coefficient (Wildman–Crippen LogP) is 3.36. The number of carbonyl (C=O) groups excluding carboxylic acids is 1. The average Bonchev–Trinajstić information content (AvgIpc) is 2.95. The van der Waals surface area contributed by atoms with Crippen LogP contribution in [0.5, 0.6) is 5.75 Å². The molecule has 1 atom stereocenters. The number of hydrogen-bond acceptors (Lipinski definition) is 5. The molecular formula is C17H23N3O3. The zero-order valence-corrected chi connectivity index (χ0v) is 14.2. The van der Waals surface area contributed by atoms with Gasteiger partial charge in [0.25, 0.3) is 0 Å². The van der Waals surface area contributed by atoms with E-state index in [4.69, 9.17) is 9.26 Å². The van der Waals surface area contributed by atoms with Gasteiger partial charge in [-0.05, 0) is 36.6 Å². The number of nitrogens with zero attached hydrogens (tertiary/aromatic N) is 2. The molecule has 1 N–H and O–H groups in total. The quantitative estimate of drug-likeness (QED) is 0.915. The lowest BCUT2D eigenvalue weighted by atomic mass is 9.92. The van der Waals surface area contributed by atoms with Crippen LogP contribution in [0.1, 0.15) is 46.0 Å². The summed E-state index contributed by atoms with van der Waals surface area (Å²) in [5, 5.41) is 6.85. The lowest BCUT2D eigenvalue weighted by molar-refractivity contribution is -0.123. The normalized spacial score (nSPS) is 12.7. The average molecular weight is 317 g/mol. The summed E-state index contributed by atoms with van der Waals surface area (Å²) >= 11 is 0. The molecule has 0 radical (unpaired) electrons. The van der Waals surface area contributed by atoms with E-state index >= 15 is 0 Å². The molecule has 6 heteroatoms. The molecule has 124 valence electrons. The van der Waals surface area contributed by atoms with E-state index in [1.54, 1.807) is 7.11 Å². The lowest BCUT2D eigenvalue weighted by Crippen LogP contribution is -2.30. The van der Waals surface area contributed by atoms with Crippen molar-refractivity contribution in [2.45, 2.75) is 40.2 Å². The largest absolute Gasteiger partial charge is 0.497 e. The molecule has 0 aliphatic heterocycles. The van der Waals surface area contributed by atoms with Crippen molar-refractivity contribution in [1.29, 1.82) is 0 Å². The summed E-state index contributed by atoms with van der Waals surface area (Å²) in [6.07, 6.45) is 0.441. The monoisotopic (exact) mass is 317 g/mol. The Labute approximate surface area is 136 Å². The summed E-state index contributed by atoms with van der Waals surface area (Å²) < 4.78 is 10.4. The number of benzene rings is 1. The number of rotatable bonds is 5. The van der Waals surface area contributed by atoms with E-state index in [2.05, 4.69) is 15.5 Å². The third-order valence-corrected chi connectivity index (χ3v) is 3.23. The molecule has 2 aromatic rings. The zero-order chi connectivity index (χ0) is 17.0. The van der Waals surface area contributed by atoms with Crippen LogP contribution in [0.15, 0.2) is 28.8 Å². The first kappa shape index (κ1) is 17.0. The van der Waals surface area contributed by atoms with E-state index < -0.39 is 0 Å². The van der Waals surface area contributed by atoms with Gasteiger partial charge in [0.1, 0.15) is 11.8 Å². The highest BCUT2D eigenvalue weighted by atomic mass is 16.5. The van der Waals surface area contributed by atoms with Crippen molar-refractivity contribution in [2.24, 2.45) is 5.41 Å². The van der Waals surface area contributed by atoms with E-state index in [9.17, 15) is 4.79 Å². The van der Waals surface area contributed by atoms with Gasteiger partial charge in [-0.2, -0.15) is 4.98 Å². The highest BCUT2D eigenvalue weighted by Crippen LogP contribution is 2.22. The van der Waals surface area contributed by atoms with Crippen LogP contribution < -0.4 is 10.1 Å². The molecule has 0 bridgehead atoms. The topological polar surface area (TPSA) is 77.3 Å². The number of methoxy groups -OCH3 is 1. The van der Waals surface area contributed by atoms with E-state index in [0.29, 0.717) is 18.1 Å².